The smallest absolute Gasteiger partial charge is 0.416 e. The minimum absolute atomic E-state index is 0.0396. The largest absolute Gasteiger partial charge is 0.496 e. The molecule has 0 aliphatic heterocycles. The van der Waals surface area contributed by atoms with Gasteiger partial charge in [0.25, 0.3) is 6.47 Å². The summed E-state index contributed by atoms with van der Waals surface area (Å²) in [6.07, 6.45) is -5.48. The van der Waals surface area contributed by atoms with E-state index in [9.17, 15) is 22.4 Å². The Balaban J connectivity index is 1.97. The summed E-state index contributed by atoms with van der Waals surface area (Å²) >= 11 is 2.19. The summed E-state index contributed by atoms with van der Waals surface area (Å²) in [5, 5.41) is 3.30. The molecule has 2 atom stereocenters. The molecule has 0 saturated carbocycles. The van der Waals surface area contributed by atoms with Gasteiger partial charge < -0.3 is 14.8 Å². The molecule has 0 radical (unpaired) electrons. The molecular weight excluding hydrogens is 613 g/mol. The third-order valence-corrected chi connectivity index (χ3v) is 7.00. The van der Waals surface area contributed by atoms with Crippen molar-refractivity contribution < 1.29 is 31.8 Å². The molecule has 0 aromatic heterocycles. The quantitative estimate of drug-likeness (QED) is 0.139. The number of hydrogen-bond acceptors (Lipinski definition) is 4. The Morgan fingerprint density at radius 1 is 1.03 bits per heavy atom. The molecule has 3 rings (SSSR count). The van der Waals surface area contributed by atoms with Gasteiger partial charge in [-0.3, -0.25) is 4.79 Å². The van der Waals surface area contributed by atoms with Crippen LogP contribution < -0.4 is 10.1 Å². The molecule has 9 heteroatoms. The molecule has 0 amide bonds. The third-order valence-electron chi connectivity index (χ3n) is 6.32. The maximum Gasteiger partial charge on any atom is 0.416 e. The lowest BCUT2D eigenvalue weighted by Gasteiger charge is -2.26. The van der Waals surface area contributed by atoms with E-state index < -0.39 is 23.9 Å². The number of rotatable bonds is 10. The van der Waals surface area contributed by atoms with Crippen LogP contribution in [0.25, 0.3) is 11.1 Å². The summed E-state index contributed by atoms with van der Waals surface area (Å²) in [7, 11) is 1.48. The highest BCUT2D eigenvalue weighted by atomic mass is 127. The zero-order valence-electron chi connectivity index (χ0n) is 21.7. The monoisotopic (exact) mass is 643 g/mol. The van der Waals surface area contributed by atoms with Crippen LogP contribution in [-0.4, -0.2) is 19.6 Å². The van der Waals surface area contributed by atoms with Crippen molar-refractivity contribution in [2.45, 2.75) is 58.5 Å². The van der Waals surface area contributed by atoms with Gasteiger partial charge in [0.2, 0.25) is 0 Å². The number of carbonyl (C=O) groups is 1. The standard InChI is InChI=1S/C29H30F4INO3/c1-16(2)24-12-25(27(37-5)13-26(24)30)23-7-6-22(34)11-20(23)14-35-18(4)28(38-15-36)19-8-17(3)9-21(10-19)29(31,32)33/h6-13,15-16,18,28,35H,14H2,1-5H3/t18-,28-/m0/s1. The van der Waals surface area contributed by atoms with Gasteiger partial charge in [-0.05, 0) is 94.9 Å². The summed E-state index contributed by atoms with van der Waals surface area (Å²) in [6, 6.07) is 12.1. The normalized spacial score (nSPS) is 13.3. The van der Waals surface area contributed by atoms with Crippen LogP contribution in [0.3, 0.4) is 0 Å². The van der Waals surface area contributed by atoms with Crippen molar-refractivity contribution in [3.8, 4) is 16.9 Å². The van der Waals surface area contributed by atoms with Crippen molar-refractivity contribution in [2.75, 3.05) is 7.11 Å². The van der Waals surface area contributed by atoms with E-state index >= 15 is 0 Å². The Bertz CT molecular complexity index is 1290. The summed E-state index contributed by atoms with van der Waals surface area (Å²) in [5.41, 5.74) is 2.84. The molecular formula is C29H30F4INO3. The first-order valence-corrected chi connectivity index (χ1v) is 13.1. The number of methoxy groups -OCH3 is 1. The third kappa shape index (κ3) is 7.05. The lowest BCUT2D eigenvalue weighted by atomic mass is 9.93. The highest BCUT2D eigenvalue weighted by molar-refractivity contribution is 14.1. The number of carbonyl (C=O) groups excluding carboxylic acids is 1. The van der Waals surface area contributed by atoms with E-state index in [0.717, 1.165) is 32.4 Å². The van der Waals surface area contributed by atoms with E-state index in [1.807, 2.05) is 32.0 Å². The highest BCUT2D eigenvalue weighted by Gasteiger charge is 2.32. The van der Waals surface area contributed by atoms with Gasteiger partial charge in [-0.25, -0.2) is 4.39 Å². The van der Waals surface area contributed by atoms with Crippen LogP contribution in [0.5, 0.6) is 5.75 Å². The summed E-state index contributed by atoms with van der Waals surface area (Å²) < 4.78 is 66.6. The zero-order chi connectivity index (χ0) is 28.2. The zero-order valence-corrected chi connectivity index (χ0v) is 23.9. The fourth-order valence-corrected chi connectivity index (χ4v) is 4.98. The van der Waals surface area contributed by atoms with E-state index in [1.54, 1.807) is 26.0 Å². The summed E-state index contributed by atoms with van der Waals surface area (Å²) in [6.45, 7) is 7.68. The molecule has 0 fully saturated rings. The minimum atomic E-state index is -4.53. The first-order chi connectivity index (χ1) is 17.8. The second kappa shape index (κ2) is 12.5. The van der Waals surface area contributed by atoms with Crippen molar-refractivity contribution in [2.24, 2.45) is 0 Å². The maximum absolute atomic E-state index is 14.6. The Morgan fingerprint density at radius 3 is 2.34 bits per heavy atom. The van der Waals surface area contributed by atoms with Crippen molar-refractivity contribution in [3.05, 3.63) is 85.7 Å². The number of aryl methyl sites for hydroxylation is 1. The van der Waals surface area contributed by atoms with E-state index in [-0.39, 0.29) is 23.8 Å². The highest BCUT2D eigenvalue weighted by Crippen LogP contribution is 2.38. The van der Waals surface area contributed by atoms with Crippen molar-refractivity contribution in [3.63, 3.8) is 0 Å². The van der Waals surface area contributed by atoms with Crippen LogP contribution in [0.4, 0.5) is 17.6 Å². The van der Waals surface area contributed by atoms with Crippen LogP contribution in [0.1, 0.15) is 60.6 Å². The van der Waals surface area contributed by atoms with Crippen LogP contribution >= 0.6 is 22.6 Å². The molecule has 3 aromatic carbocycles. The average molecular weight is 643 g/mol. The second-order valence-corrected chi connectivity index (χ2v) is 10.7. The maximum atomic E-state index is 14.6. The first-order valence-electron chi connectivity index (χ1n) is 12.0. The SMILES string of the molecule is COc1cc(F)c(C(C)C)cc1-c1ccc(I)cc1CN[C@@H](C)[C@H](OC=O)c1cc(C)cc(C(F)(F)F)c1. The molecule has 0 bridgehead atoms. The van der Waals surface area contributed by atoms with Crippen molar-refractivity contribution in [1.29, 1.82) is 0 Å². The fourth-order valence-electron chi connectivity index (χ4n) is 4.43. The number of benzene rings is 3. The molecule has 0 heterocycles. The molecule has 0 spiro atoms. The van der Waals surface area contributed by atoms with Crippen molar-refractivity contribution >= 4 is 29.1 Å². The van der Waals surface area contributed by atoms with Gasteiger partial charge in [0, 0.05) is 27.8 Å². The molecule has 0 saturated heterocycles. The molecule has 1 N–H and O–H groups in total. The van der Waals surface area contributed by atoms with E-state index in [2.05, 4.69) is 27.9 Å². The molecule has 0 aliphatic rings. The molecule has 4 nitrogen and oxygen atoms in total. The van der Waals surface area contributed by atoms with E-state index in [1.165, 1.54) is 13.2 Å². The van der Waals surface area contributed by atoms with Gasteiger partial charge in [0.05, 0.1) is 12.7 Å². The van der Waals surface area contributed by atoms with Gasteiger partial charge in [0.15, 0.2) is 0 Å². The number of alkyl halides is 3. The predicted octanol–water partition coefficient (Wildman–Crippen LogP) is 7.95. The number of hydrogen-bond donors (Lipinski definition) is 1. The van der Waals surface area contributed by atoms with Gasteiger partial charge in [0.1, 0.15) is 17.7 Å². The molecule has 0 unspecified atom stereocenters. The number of halogens is 5. The van der Waals surface area contributed by atoms with Crippen molar-refractivity contribution in [1.82, 2.24) is 5.32 Å². The number of nitrogens with one attached hydrogen (secondary N) is 1. The van der Waals surface area contributed by atoms with Gasteiger partial charge in [-0.15, -0.1) is 0 Å². The Kier molecular flexibility index (Phi) is 9.80. The molecule has 38 heavy (non-hydrogen) atoms. The Morgan fingerprint density at radius 2 is 1.74 bits per heavy atom. The Hall–Kier alpha value is -2.66. The van der Waals surface area contributed by atoms with Crippen LogP contribution in [0, 0.1) is 16.3 Å². The van der Waals surface area contributed by atoms with Gasteiger partial charge in [-0.2, -0.15) is 13.2 Å². The number of ether oxygens (including phenoxy) is 2. The van der Waals surface area contributed by atoms with Crippen LogP contribution in [0.2, 0.25) is 0 Å². The van der Waals surface area contributed by atoms with Crippen LogP contribution in [0.15, 0.2) is 48.5 Å². The van der Waals surface area contributed by atoms with Gasteiger partial charge in [-0.1, -0.05) is 31.5 Å². The van der Waals surface area contributed by atoms with E-state index in [0.29, 0.717) is 23.4 Å². The Labute approximate surface area is 233 Å². The fraction of sp³-hybridized carbons (Fsp3) is 0.345. The van der Waals surface area contributed by atoms with Gasteiger partial charge >= 0.3 is 6.18 Å². The lowest BCUT2D eigenvalue weighted by molar-refractivity contribution is -0.137. The molecule has 0 aliphatic carbocycles. The van der Waals surface area contributed by atoms with Crippen LogP contribution in [-0.2, 0) is 22.3 Å². The van der Waals surface area contributed by atoms with E-state index in [4.69, 9.17) is 9.47 Å². The summed E-state index contributed by atoms with van der Waals surface area (Å²) in [4.78, 5) is 11.3. The topological polar surface area (TPSA) is 47.6 Å². The molecule has 3 aromatic rings. The second-order valence-electron chi connectivity index (χ2n) is 9.48. The minimum Gasteiger partial charge on any atom is -0.496 e. The lowest BCUT2D eigenvalue weighted by Crippen LogP contribution is -2.33. The average Bonchev–Trinajstić information content (AvgIpc) is 2.84. The first kappa shape index (κ1) is 29.9. The molecule has 204 valence electrons. The summed E-state index contributed by atoms with van der Waals surface area (Å²) in [5.74, 6) is 0.0101. The predicted molar refractivity (Wildman–Crippen MR) is 148 cm³/mol.